The van der Waals surface area contributed by atoms with Gasteiger partial charge in [0.2, 0.25) is 0 Å². The van der Waals surface area contributed by atoms with Crippen molar-refractivity contribution in [2.24, 2.45) is 0 Å². The number of nitro benzene ring substituents is 1. The normalized spacial score (nSPS) is 10.6. The molecule has 5 nitrogen and oxygen atoms in total. The summed E-state index contributed by atoms with van der Waals surface area (Å²) in [6.07, 6.45) is 3.46. The van der Waals surface area contributed by atoms with Gasteiger partial charge in [-0.1, -0.05) is 0 Å². The van der Waals surface area contributed by atoms with Crippen molar-refractivity contribution in [3.63, 3.8) is 0 Å². The topological polar surface area (TPSA) is 55.6 Å². The molecule has 0 bridgehead atoms. The van der Waals surface area contributed by atoms with Gasteiger partial charge < -0.3 is 9.64 Å². The summed E-state index contributed by atoms with van der Waals surface area (Å²) >= 11 is 0. The number of methoxy groups -OCH3 is 1. The molecule has 0 spiro atoms. The van der Waals surface area contributed by atoms with E-state index in [9.17, 15) is 10.1 Å². The smallest absolute Gasteiger partial charge is 0.277 e. The molecule has 1 aromatic rings. The minimum Gasteiger partial charge on any atom is -0.496 e. The predicted molar refractivity (Wildman–Crippen MR) is 67.1 cm³/mol. The van der Waals surface area contributed by atoms with Crippen molar-refractivity contribution in [3.05, 3.63) is 39.6 Å². The second kappa shape index (κ2) is 5.34. The maximum absolute atomic E-state index is 10.9. The van der Waals surface area contributed by atoms with Gasteiger partial charge in [0.1, 0.15) is 5.75 Å². The largest absolute Gasteiger partial charge is 0.496 e. The summed E-state index contributed by atoms with van der Waals surface area (Å²) in [6.45, 7) is 1.78. The van der Waals surface area contributed by atoms with Gasteiger partial charge in [0.25, 0.3) is 5.69 Å². The molecule has 0 unspecified atom stereocenters. The summed E-state index contributed by atoms with van der Waals surface area (Å²) in [6, 6.07) is 3.20. The summed E-state index contributed by atoms with van der Waals surface area (Å²) in [5.74, 6) is 0.647. The number of nitro groups is 1. The van der Waals surface area contributed by atoms with E-state index in [0.717, 1.165) is 5.56 Å². The van der Waals surface area contributed by atoms with E-state index in [1.165, 1.54) is 6.07 Å². The van der Waals surface area contributed by atoms with Crippen LogP contribution in [0.2, 0.25) is 0 Å². The molecule has 0 atom stereocenters. The van der Waals surface area contributed by atoms with Gasteiger partial charge in [-0.25, -0.2) is 0 Å². The van der Waals surface area contributed by atoms with Crippen molar-refractivity contribution in [3.8, 4) is 5.75 Å². The molecule has 0 heterocycles. The highest BCUT2D eigenvalue weighted by Gasteiger charge is 2.14. The molecule has 92 valence electrons. The van der Waals surface area contributed by atoms with E-state index in [0.29, 0.717) is 11.3 Å². The van der Waals surface area contributed by atoms with E-state index in [4.69, 9.17) is 4.74 Å². The van der Waals surface area contributed by atoms with Gasteiger partial charge in [-0.05, 0) is 30.8 Å². The zero-order chi connectivity index (χ0) is 13.0. The standard InChI is InChI=1S/C12H16N2O3/c1-9-7-11(14(15)16)10(5-6-13(2)3)8-12(9)17-4/h5-8H,1-4H3/b6-5+. The maximum atomic E-state index is 10.9. The van der Waals surface area contributed by atoms with Crippen molar-refractivity contribution < 1.29 is 9.66 Å². The lowest BCUT2D eigenvalue weighted by atomic mass is 10.1. The van der Waals surface area contributed by atoms with Crippen LogP contribution in [0.4, 0.5) is 5.69 Å². The summed E-state index contributed by atoms with van der Waals surface area (Å²) in [7, 11) is 5.26. The number of ether oxygens (including phenoxy) is 1. The van der Waals surface area contributed by atoms with Crippen LogP contribution in [0.3, 0.4) is 0 Å². The summed E-state index contributed by atoms with van der Waals surface area (Å²) in [5.41, 5.74) is 1.37. The fourth-order valence-electron chi connectivity index (χ4n) is 1.43. The van der Waals surface area contributed by atoms with Crippen LogP contribution in [0.1, 0.15) is 11.1 Å². The Hall–Kier alpha value is -2.04. The van der Waals surface area contributed by atoms with Crippen LogP contribution in [0, 0.1) is 17.0 Å². The molecule has 0 aliphatic carbocycles. The van der Waals surface area contributed by atoms with Crippen LogP contribution in [0.15, 0.2) is 18.3 Å². The molecule has 0 saturated heterocycles. The van der Waals surface area contributed by atoms with Crippen molar-refractivity contribution in [2.75, 3.05) is 21.2 Å². The third-order valence-electron chi connectivity index (χ3n) is 2.29. The van der Waals surface area contributed by atoms with E-state index in [-0.39, 0.29) is 10.6 Å². The summed E-state index contributed by atoms with van der Waals surface area (Å²) in [4.78, 5) is 12.4. The number of aryl methyl sites for hydroxylation is 1. The van der Waals surface area contributed by atoms with E-state index < -0.39 is 0 Å². The van der Waals surface area contributed by atoms with Gasteiger partial charge in [-0.15, -0.1) is 0 Å². The first-order valence-corrected chi connectivity index (χ1v) is 5.13. The zero-order valence-corrected chi connectivity index (χ0v) is 10.4. The van der Waals surface area contributed by atoms with Gasteiger partial charge >= 0.3 is 0 Å². The minimum absolute atomic E-state index is 0.0846. The van der Waals surface area contributed by atoms with Crippen LogP contribution >= 0.6 is 0 Å². The molecule has 5 heteroatoms. The van der Waals surface area contributed by atoms with Crippen LogP contribution < -0.4 is 4.74 Å². The Morgan fingerprint density at radius 3 is 2.53 bits per heavy atom. The molecule has 0 saturated carbocycles. The van der Waals surface area contributed by atoms with Gasteiger partial charge in [0, 0.05) is 20.2 Å². The second-order valence-corrected chi connectivity index (χ2v) is 3.92. The Kier molecular flexibility index (Phi) is 4.09. The highest BCUT2D eigenvalue weighted by Crippen LogP contribution is 2.29. The first-order chi connectivity index (χ1) is 7.95. The van der Waals surface area contributed by atoms with Crippen LogP contribution in [0.25, 0.3) is 6.08 Å². The van der Waals surface area contributed by atoms with Crippen LogP contribution in [-0.2, 0) is 0 Å². The number of nitrogens with zero attached hydrogens (tertiary/aromatic N) is 2. The molecule has 0 fully saturated rings. The monoisotopic (exact) mass is 236 g/mol. The van der Waals surface area contributed by atoms with Gasteiger partial charge in [0.05, 0.1) is 17.6 Å². The lowest BCUT2D eigenvalue weighted by molar-refractivity contribution is -0.385. The quantitative estimate of drug-likeness (QED) is 0.595. The van der Waals surface area contributed by atoms with Gasteiger partial charge in [-0.2, -0.15) is 0 Å². The predicted octanol–water partition coefficient (Wildman–Crippen LogP) is 2.44. The van der Waals surface area contributed by atoms with Crippen LogP contribution in [0.5, 0.6) is 5.75 Å². The Bertz CT molecular complexity index is 453. The molecule has 0 aliphatic rings. The molecule has 0 aromatic heterocycles. The van der Waals surface area contributed by atoms with E-state index >= 15 is 0 Å². The Labute approximate surface area is 100 Å². The van der Waals surface area contributed by atoms with Crippen LogP contribution in [-0.4, -0.2) is 31.0 Å². The van der Waals surface area contributed by atoms with Crippen molar-refractivity contribution in [1.82, 2.24) is 4.90 Å². The molecule has 0 amide bonds. The molecule has 0 radical (unpaired) electrons. The number of benzene rings is 1. The summed E-state index contributed by atoms with van der Waals surface area (Å²) < 4.78 is 5.16. The average Bonchev–Trinajstić information content (AvgIpc) is 2.26. The van der Waals surface area contributed by atoms with Crippen molar-refractivity contribution >= 4 is 11.8 Å². The SMILES string of the molecule is COc1cc(/C=C/N(C)C)c([N+](=O)[O-])cc1C. The summed E-state index contributed by atoms with van der Waals surface area (Å²) in [5, 5.41) is 10.9. The molecular weight excluding hydrogens is 220 g/mol. The lowest BCUT2D eigenvalue weighted by Gasteiger charge is -2.08. The van der Waals surface area contributed by atoms with E-state index in [1.807, 2.05) is 19.0 Å². The number of hydrogen-bond donors (Lipinski definition) is 0. The fraction of sp³-hybridized carbons (Fsp3) is 0.333. The highest BCUT2D eigenvalue weighted by molar-refractivity contribution is 5.64. The van der Waals surface area contributed by atoms with Gasteiger partial charge in [0.15, 0.2) is 0 Å². The number of hydrogen-bond acceptors (Lipinski definition) is 4. The third kappa shape index (κ3) is 3.21. The Morgan fingerprint density at radius 2 is 2.06 bits per heavy atom. The molecular formula is C12H16N2O3. The van der Waals surface area contributed by atoms with Gasteiger partial charge in [-0.3, -0.25) is 10.1 Å². The first-order valence-electron chi connectivity index (χ1n) is 5.13. The number of rotatable bonds is 4. The molecule has 0 aliphatic heterocycles. The minimum atomic E-state index is -0.387. The molecule has 17 heavy (non-hydrogen) atoms. The molecule has 1 aromatic carbocycles. The van der Waals surface area contributed by atoms with Crippen molar-refractivity contribution in [1.29, 1.82) is 0 Å². The Balaban J connectivity index is 3.29. The molecule has 0 N–H and O–H groups in total. The third-order valence-corrected chi connectivity index (χ3v) is 2.29. The Morgan fingerprint density at radius 1 is 1.41 bits per heavy atom. The van der Waals surface area contributed by atoms with E-state index in [1.54, 1.807) is 32.4 Å². The maximum Gasteiger partial charge on any atom is 0.277 e. The second-order valence-electron chi connectivity index (χ2n) is 3.92. The zero-order valence-electron chi connectivity index (χ0n) is 10.4. The average molecular weight is 236 g/mol. The molecule has 1 rings (SSSR count). The highest BCUT2D eigenvalue weighted by atomic mass is 16.6. The first kappa shape index (κ1) is 13.0. The van der Waals surface area contributed by atoms with E-state index in [2.05, 4.69) is 0 Å². The fourth-order valence-corrected chi connectivity index (χ4v) is 1.43. The lowest BCUT2D eigenvalue weighted by Crippen LogP contribution is -2.01. The van der Waals surface area contributed by atoms with Crippen molar-refractivity contribution in [2.45, 2.75) is 6.92 Å².